The summed E-state index contributed by atoms with van der Waals surface area (Å²) < 4.78 is 11.1. The van der Waals surface area contributed by atoms with Crippen LogP contribution in [0, 0.1) is 0 Å². The van der Waals surface area contributed by atoms with Crippen molar-refractivity contribution in [3.63, 3.8) is 0 Å². The predicted octanol–water partition coefficient (Wildman–Crippen LogP) is 3.06. The monoisotopic (exact) mass is 406 g/mol. The molecule has 0 bridgehead atoms. The van der Waals surface area contributed by atoms with Crippen molar-refractivity contribution in [1.29, 1.82) is 0 Å². The number of pyridine rings is 1. The Hall–Kier alpha value is -2.41. The molecule has 2 aromatic rings. The van der Waals surface area contributed by atoms with Crippen molar-refractivity contribution in [1.82, 2.24) is 9.88 Å². The maximum atomic E-state index is 12.1. The molecule has 1 amide bonds. The van der Waals surface area contributed by atoms with E-state index >= 15 is 0 Å². The highest BCUT2D eigenvalue weighted by Gasteiger charge is 2.14. The summed E-state index contributed by atoms with van der Waals surface area (Å²) in [6, 6.07) is 9.10. The molecule has 0 fully saturated rings. The van der Waals surface area contributed by atoms with E-state index in [1.54, 1.807) is 19.3 Å². The van der Waals surface area contributed by atoms with Gasteiger partial charge in [-0.05, 0) is 46.6 Å². The summed E-state index contributed by atoms with van der Waals surface area (Å²) >= 11 is 3.23. The number of likely N-dealkylation sites (N-methyl/N-ethyl adjacent to an activating group) is 1. The van der Waals surface area contributed by atoms with Crippen molar-refractivity contribution in [3.05, 3.63) is 58.3 Å². The largest absolute Gasteiger partial charge is 0.494 e. The van der Waals surface area contributed by atoms with Gasteiger partial charge in [0.1, 0.15) is 5.75 Å². The average Bonchev–Trinajstić information content (AvgIpc) is 2.61. The number of hydrogen-bond donors (Lipinski definition) is 0. The van der Waals surface area contributed by atoms with E-state index in [0.717, 1.165) is 11.3 Å². The summed E-state index contributed by atoms with van der Waals surface area (Å²) in [7, 11) is 1.66. The number of carbonyl (C=O) groups excluding carboxylic acids is 2. The van der Waals surface area contributed by atoms with Gasteiger partial charge in [0.25, 0.3) is 5.91 Å². The number of amides is 1. The fraction of sp³-hybridized carbons (Fsp3) is 0.278. The number of benzene rings is 1. The van der Waals surface area contributed by atoms with Crippen LogP contribution in [0.3, 0.4) is 0 Å². The van der Waals surface area contributed by atoms with Crippen LogP contribution in [-0.2, 0) is 16.1 Å². The number of rotatable bonds is 7. The molecule has 25 heavy (non-hydrogen) atoms. The van der Waals surface area contributed by atoms with Gasteiger partial charge in [0.15, 0.2) is 6.61 Å². The molecule has 6 nitrogen and oxygen atoms in total. The van der Waals surface area contributed by atoms with E-state index in [1.165, 1.54) is 11.1 Å². The lowest BCUT2D eigenvalue weighted by molar-refractivity contribution is -0.133. The van der Waals surface area contributed by atoms with Gasteiger partial charge in [0.2, 0.25) is 0 Å². The number of carbonyl (C=O) groups is 2. The molecule has 1 aromatic heterocycles. The molecule has 0 radical (unpaired) electrons. The van der Waals surface area contributed by atoms with E-state index in [-0.39, 0.29) is 18.1 Å². The van der Waals surface area contributed by atoms with Crippen LogP contribution in [0.25, 0.3) is 0 Å². The Bertz CT molecular complexity index is 734. The van der Waals surface area contributed by atoms with Crippen LogP contribution in [0.2, 0.25) is 0 Å². The van der Waals surface area contributed by atoms with Crippen LogP contribution >= 0.6 is 15.9 Å². The molecule has 0 aliphatic heterocycles. The topological polar surface area (TPSA) is 68.7 Å². The van der Waals surface area contributed by atoms with E-state index in [1.807, 2.05) is 31.2 Å². The molecule has 0 atom stereocenters. The molecule has 0 saturated heterocycles. The highest BCUT2D eigenvalue weighted by Crippen LogP contribution is 2.14. The van der Waals surface area contributed by atoms with Gasteiger partial charge in [-0.2, -0.15) is 0 Å². The molecule has 0 aliphatic carbocycles. The zero-order chi connectivity index (χ0) is 18.2. The summed E-state index contributed by atoms with van der Waals surface area (Å²) in [5.74, 6) is -0.0846. The number of hydrogen-bond acceptors (Lipinski definition) is 5. The fourth-order valence-corrected chi connectivity index (χ4v) is 2.43. The highest BCUT2D eigenvalue weighted by molar-refractivity contribution is 9.10. The first-order valence-corrected chi connectivity index (χ1v) is 8.52. The van der Waals surface area contributed by atoms with Crippen molar-refractivity contribution in [2.45, 2.75) is 13.5 Å². The number of nitrogens with zero attached hydrogens (tertiary/aromatic N) is 2. The molecule has 1 heterocycles. The third kappa shape index (κ3) is 5.86. The molecule has 2 rings (SSSR count). The molecule has 132 valence electrons. The van der Waals surface area contributed by atoms with Crippen LogP contribution < -0.4 is 4.74 Å². The van der Waals surface area contributed by atoms with E-state index in [4.69, 9.17) is 9.47 Å². The zero-order valence-electron chi connectivity index (χ0n) is 14.1. The summed E-state index contributed by atoms with van der Waals surface area (Å²) in [6.07, 6.45) is 2.95. The average molecular weight is 407 g/mol. The Morgan fingerprint density at radius 2 is 1.92 bits per heavy atom. The van der Waals surface area contributed by atoms with Crippen molar-refractivity contribution in [3.8, 4) is 5.75 Å². The fourth-order valence-electron chi connectivity index (χ4n) is 2.06. The lowest BCUT2D eigenvalue weighted by Crippen LogP contribution is -2.30. The minimum absolute atomic E-state index is 0.287. The first-order chi connectivity index (χ1) is 12.0. The molecule has 1 aromatic carbocycles. The van der Waals surface area contributed by atoms with Gasteiger partial charge in [-0.3, -0.25) is 9.78 Å². The highest BCUT2D eigenvalue weighted by atomic mass is 79.9. The van der Waals surface area contributed by atoms with Crippen molar-refractivity contribution >= 4 is 27.8 Å². The lowest BCUT2D eigenvalue weighted by Gasteiger charge is -2.17. The van der Waals surface area contributed by atoms with Gasteiger partial charge < -0.3 is 14.4 Å². The van der Waals surface area contributed by atoms with Crippen LogP contribution in [0.15, 0.2) is 47.2 Å². The van der Waals surface area contributed by atoms with Gasteiger partial charge in [-0.1, -0.05) is 12.1 Å². The van der Waals surface area contributed by atoms with E-state index in [0.29, 0.717) is 17.6 Å². The summed E-state index contributed by atoms with van der Waals surface area (Å²) in [5.41, 5.74) is 1.25. The molecule has 0 spiro atoms. The number of halogens is 1. The lowest BCUT2D eigenvalue weighted by atomic mass is 10.2. The van der Waals surface area contributed by atoms with Gasteiger partial charge in [-0.25, -0.2) is 4.79 Å². The first kappa shape index (κ1) is 18.9. The standard InChI is InChI=1S/C18H19BrN2O4/c1-3-24-16-6-4-13(5-7-16)11-21(2)17(22)12-25-18(23)14-8-15(19)10-20-9-14/h4-10H,3,11-12H2,1-2H3. The van der Waals surface area contributed by atoms with Crippen molar-refractivity contribution in [2.24, 2.45) is 0 Å². The van der Waals surface area contributed by atoms with Crippen LogP contribution in [0.1, 0.15) is 22.8 Å². The Morgan fingerprint density at radius 1 is 1.20 bits per heavy atom. The quantitative estimate of drug-likeness (QED) is 0.660. The molecular formula is C18H19BrN2O4. The predicted molar refractivity (Wildman–Crippen MR) is 96.3 cm³/mol. The van der Waals surface area contributed by atoms with Crippen LogP contribution in [0.4, 0.5) is 0 Å². The minimum Gasteiger partial charge on any atom is -0.494 e. The van der Waals surface area contributed by atoms with Gasteiger partial charge in [0, 0.05) is 30.5 Å². The van der Waals surface area contributed by atoms with Gasteiger partial charge in [-0.15, -0.1) is 0 Å². The molecule has 7 heteroatoms. The third-order valence-corrected chi connectivity index (χ3v) is 3.78. The summed E-state index contributed by atoms with van der Waals surface area (Å²) in [4.78, 5) is 29.4. The summed E-state index contributed by atoms with van der Waals surface area (Å²) in [6.45, 7) is 2.63. The van der Waals surface area contributed by atoms with Crippen LogP contribution in [0.5, 0.6) is 5.75 Å². The molecule has 0 aliphatic rings. The van der Waals surface area contributed by atoms with Crippen molar-refractivity contribution < 1.29 is 19.1 Å². The minimum atomic E-state index is -0.586. The Kier molecular flexibility index (Phi) is 6.94. The Morgan fingerprint density at radius 3 is 2.56 bits per heavy atom. The van der Waals surface area contributed by atoms with Crippen molar-refractivity contribution in [2.75, 3.05) is 20.3 Å². The first-order valence-electron chi connectivity index (χ1n) is 7.73. The second kappa shape index (κ2) is 9.17. The number of esters is 1. The second-order valence-corrected chi connectivity index (χ2v) is 6.21. The number of ether oxygens (including phenoxy) is 2. The Labute approximate surface area is 154 Å². The third-order valence-electron chi connectivity index (χ3n) is 3.35. The maximum absolute atomic E-state index is 12.1. The van der Waals surface area contributed by atoms with Gasteiger partial charge >= 0.3 is 5.97 Å². The zero-order valence-corrected chi connectivity index (χ0v) is 15.7. The van der Waals surface area contributed by atoms with E-state index in [2.05, 4.69) is 20.9 Å². The van der Waals surface area contributed by atoms with E-state index < -0.39 is 5.97 Å². The molecule has 0 unspecified atom stereocenters. The van der Waals surface area contributed by atoms with Crippen LogP contribution in [-0.4, -0.2) is 42.0 Å². The van der Waals surface area contributed by atoms with E-state index in [9.17, 15) is 9.59 Å². The number of aromatic nitrogens is 1. The normalized spacial score (nSPS) is 10.2. The summed E-state index contributed by atoms with van der Waals surface area (Å²) in [5, 5.41) is 0. The maximum Gasteiger partial charge on any atom is 0.340 e. The molecule has 0 N–H and O–H groups in total. The molecule has 0 saturated carbocycles. The second-order valence-electron chi connectivity index (χ2n) is 5.29. The Balaban J connectivity index is 1.84. The SMILES string of the molecule is CCOc1ccc(CN(C)C(=O)COC(=O)c2cncc(Br)c2)cc1. The van der Waals surface area contributed by atoms with Gasteiger partial charge in [0.05, 0.1) is 12.2 Å². The molecular weight excluding hydrogens is 388 g/mol. The smallest absolute Gasteiger partial charge is 0.340 e.